The first kappa shape index (κ1) is 30.3. The number of halogens is 1. The van der Waals surface area contributed by atoms with Crippen LogP contribution in [0.25, 0.3) is 12.2 Å². The number of hydrogen-bond acceptors (Lipinski definition) is 8. The summed E-state index contributed by atoms with van der Waals surface area (Å²) in [4.78, 5) is 36.7. The number of aliphatic imine (C=N–C) groups is 1. The number of hydrogen-bond donors (Lipinski definition) is 0. The van der Waals surface area contributed by atoms with Crippen LogP contribution < -0.4 is 0 Å². The lowest BCUT2D eigenvalue weighted by atomic mass is 9.80. The second kappa shape index (κ2) is 11.6. The van der Waals surface area contributed by atoms with E-state index in [0.29, 0.717) is 29.0 Å². The van der Waals surface area contributed by atoms with Crippen molar-refractivity contribution in [2.75, 3.05) is 5.75 Å². The lowest BCUT2D eigenvalue weighted by Gasteiger charge is -2.39. The minimum absolute atomic E-state index is 0.0179. The Morgan fingerprint density at radius 2 is 1.78 bits per heavy atom. The maximum atomic E-state index is 15.6. The Kier molecular flexibility index (Phi) is 8.59. The maximum Gasteiger partial charge on any atom is 0.426 e. The van der Waals surface area contributed by atoms with Gasteiger partial charge in [-0.15, -0.1) is 0 Å². The number of fused-ring (bicyclic) bond motifs is 1. The molecule has 216 valence electrons. The van der Waals surface area contributed by atoms with Crippen LogP contribution in [-0.4, -0.2) is 44.2 Å². The van der Waals surface area contributed by atoms with Crippen molar-refractivity contribution in [2.24, 2.45) is 10.9 Å². The second-order valence-electron chi connectivity index (χ2n) is 12.2. The van der Waals surface area contributed by atoms with Crippen molar-refractivity contribution in [2.45, 2.75) is 77.5 Å². The number of benzene rings is 1. The van der Waals surface area contributed by atoms with E-state index >= 15 is 4.39 Å². The number of rotatable bonds is 3. The summed E-state index contributed by atoms with van der Waals surface area (Å²) >= 11 is 1.28. The highest BCUT2D eigenvalue weighted by Gasteiger charge is 2.50. The predicted molar refractivity (Wildman–Crippen MR) is 157 cm³/mol. The number of pyridine rings is 1. The Morgan fingerprint density at radius 3 is 2.37 bits per heavy atom. The molecule has 0 radical (unpaired) electrons. The summed E-state index contributed by atoms with van der Waals surface area (Å²) in [5.74, 6) is 0.168. The zero-order valence-electron chi connectivity index (χ0n) is 24.2. The zero-order chi connectivity index (χ0) is 30.0. The molecular formula is C31H35FN4O4S. The van der Waals surface area contributed by atoms with Crippen molar-refractivity contribution < 1.29 is 23.5 Å². The highest BCUT2D eigenvalue weighted by molar-refractivity contribution is 8.13. The fourth-order valence-electron chi connectivity index (χ4n) is 4.91. The van der Waals surface area contributed by atoms with E-state index in [0.717, 1.165) is 23.3 Å². The normalized spacial score (nSPS) is 20.6. The number of amidine groups is 1. The number of ether oxygens (including phenoxy) is 2. The molecule has 10 heteroatoms. The molecule has 0 spiro atoms. The molecule has 1 saturated carbocycles. The number of nitrogens with zero attached hydrogens (tertiary/aromatic N) is 4. The first-order chi connectivity index (χ1) is 19.2. The molecule has 0 unspecified atom stereocenters. The highest BCUT2D eigenvalue weighted by atomic mass is 32.2. The van der Waals surface area contributed by atoms with Gasteiger partial charge >= 0.3 is 12.2 Å². The quantitative estimate of drug-likeness (QED) is 0.371. The van der Waals surface area contributed by atoms with E-state index in [1.165, 1.54) is 24.0 Å². The zero-order valence-corrected chi connectivity index (χ0v) is 25.0. The summed E-state index contributed by atoms with van der Waals surface area (Å²) < 4.78 is 26.7. The van der Waals surface area contributed by atoms with E-state index in [2.05, 4.69) is 4.98 Å². The van der Waals surface area contributed by atoms with E-state index in [1.807, 2.05) is 12.1 Å². The third-order valence-corrected chi connectivity index (χ3v) is 7.76. The summed E-state index contributed by atoms with van der Waals surface area (Å²) in [6.45, 7) is 10.3. The van der Waals surface area contributed by atoms with Crippen LogP contribution in [0, 0.1) is 23.1 Å². The summed E-state index contributed by atoms with van der Waals surface area (Å²) in [5, 5.41) is 9.13. The van der Waals surface area contributed by atoms with Crippen LogP contribution in [0.3, 0.4) is 0 Å². The van der Waals surface area contributed by atoms with Gasteiger partial charge in [-0.1, -0.05) is 30.3 Å². The number of aromatic nitrogens is 1. The molecule has 8 nitrogen and oxygen atoms in total. The first-order valence-electron chi connectivity index (χ1n) is 13.5. The van der Waals surface area contributed by atoms with Crippen LogP contribution in [0.2, 0.25) is 0 Å². The Labute approximate surface area is 244 Å². The van der Waals surface area contributed by atoms with Gasteiger partial charge in [0.1, 0.15) is 23.1 Å². The molecule has 1 aliphatic heterocycles. The topological polar surface area (TPSA) is 105 Å². The largest absolute Gasteiger partial charge is 0.443 e. The van der Waals surface area contributed by atoms with E-state index < -0.39 is 34.7 Å². The van der Waals surface area contributed by atoms with Crippen molar-refractivity contribution in [1.82, 2.24) is 9.88 Å². The predicted octanol–water partition coefficient (Wildman–Crippen LogP) is 7.53. The fourth-order valence-corrected chi connectivity index (χ4v) is 6.21. The van der Waals surface area contributed by atoms with E-state index in [1.54, 1.807) is 71.9 Å². The third kappa shape index (κ3) is 7.14. The molecule has 2 amide bonds. The van der Waals surface area contributed by atoms with Gasteiger partial charge < -0.3 is 9.47 Å². The Morgan fingerprint density at radius 1 is 1.10 bits per heavy atom. The van der Waals surface area contributed by atoms with Crippen molar-refractivity contribution in [3.8, 4) is 6.07 Å². The van der Waals surface area contributed by atoms with Crippen molar-refractivity contribution in [1.29, 1.82) is 5.26 Å². The van der Waals surface area contributed by atoms with Crippen LogP contribution in [0.4, 0.5) is 14.0 Å². The molecule has 41 heavy (non-hydrogen) atoms. The number of carbonyl (C=O) groups is 2. The molecule has 1 aliphatic carbocycles. The van der Waals surface area contributed by atoms with Gasteiger partial charge in [0, 0.05) is 17.5 Å². The van der Waals surface area contributed by atoms with Gasteiger partial charge in [-0.3, -0.25) is 4.98 Å². The molecule has 0 saturated heterocycles. The smallest absolute Gasteiger partial charge is 0.426 e. The monoisotopic (exact) mass is 578 g/mol. The van der Waals surface area contributed by atoms with E-state index in [9.17, 15) is 9.59 Å². The number of nitriles is 1. The number of amides is 2. The molecule has 2 aliphatic rings. The third-order valence-electron chi connectivity index (χ3n) is 6.66. The average molecular weight is 579 g/mol. The summed E-state index contributed by atoms with van der Waals surface area (Å²) in [6, 6.07) is 10.3. The molecule has 2 atom stereocenters. The minimum atomic E-state index is -0.955. The van der Waals surface area contributed by atoms with Crippen LogP contribution in [0.15, 0.2) is 41.5 Å². The lowest BCUT2D eigenvalue weighted by Crippen LogP contribution is -2.49. The van der Waals surface area contributed by atoms with Gasteiger partial charge in [0.25, 0.3) is 0 Å². The van der Waals surface area contributed by atoms with Gasteiger partial charge in [-0.05, 0) is 96.2 Å². The van der Waals surface area contributed by atoms with Crippen LogP contribution in [0.5, 0.6) is 0 Å². The lowest BCUT2D eigenvalue weighted by molar-refractivity contribution is 0.0150. The number of thioether (sulfide) groups is 1. The second-order valence-corrected chi connectivity index (χ2v) is 13.2. The highest BCUT2D eigenvalue weighted by Crippen LogP contribution is 2.52. The fraction of sp³-hybridized carbons (Fsp3) is 0.452. The average Bonchev–Trinajstić information content (AvgIpc) is 3.31. The van der Waals surface area contributed by atoms with Crippen LogP contribution in [-0.2, 0) is 15.0 Å². The molecule has 1 fully saturated rings. The van der Waals surface area contributed by atoms with E-state index in [-0.39, 0.29) is 11.1 Å². The van der Waals surface area contributed by atoms with Gasteiger partial charge in [0.2, 0.25) is 0 Å². The Balaban J connectivity index is 1.75. The molecule has 0 bridgehead atoms. The van der Waals surface area contributed by atoms with Crippen LogP contribution in [0.1, 0.15) is 83.2 Å². The molecule has 2 heterocycles. The number of imide groups is 1. The molecule has 0 N–H and O–H groups in total. The maximum absolute atomic E-state index is 15.6. The number of carbonyl (C=O) groups excluding carboxylic acids is 2. The summed E-state index contributed by atoms with van der Waals surface area (Å²) in [7, 11) is 0. The minimum Gasteiger partial charge on any atom is -0.443 e. The Hall–Kier alpha value is -3.71. The van der Waals surface area contributed by atoms with E-state index in [4.69, 9.17) is 19.7 Å². The summed E-state index contributed by atoms with van der Waals surface area (Å²) in [6.07, 6.45) is 5.57. The molecular weight excluding hydrogens is 543 g/mol. The van der Waals surface area contributed by atoms with Gasteiger partial charge in [0.15, 0.2) is 5.17 Å². The SMILES string of the molecule is CC(C)(C)OC(=O)N(C(=O)OC(C)(C)C)C1=N[C@@]2(c3cc(C=Cc4ccc(C#N)cn4)ccc3F)CCC[C@H]2CS1. The van der Waals surface area contributed by atoms with Crippen molar-refractivity contribution in [3.63, 3.8) is 0 Å². The standard InChI is InChI=1S/C31H35FN4O4S/c1-29(2,3)39-27(37)36(28(38)40-30(4,5)6)26-35-31(15-7-8-22(31)19-41-26)24-16-20(11-14-25(24)32)9-12-23-13-10-21(17-33)18-34-23/h9-14,16,18,22H,7-8,15,19H2,1-6H3/t22-,31-/m0/s1. The van der Waals surface area contributed by atoms with Gasteiger partial charge in [-0.2, -0.15) is 10.2 Å². The van der Waals surface area contributed by atoms with Crippen LogP contribution >= 0.6 is 11.8 Å². The molecule has 1 aromatic carbocycles. The molecule has 1 aromatic heterocycles. The molecule has 2 aromatic rings. The van der Waals surface area contributed by atoms with Gasteiger partial charge in [-0.25, -0.2) is 19.0 Å². The van der Waals surface area contributed by atoms with Crippen molar-refractivity contribution >= 4 is 41.3 Å². The van der Waals surface area contributed by atoms with Crippen molar-refractivity contribution in [3.05, 3.63) is 64.7 Å². The Bertz CT molecular complexity index is 1390. The van der Waals surface area contributed by atoms with Gasteiger partial charge in [0.05, 0.1) is 16.8 Å². The first-order valence-corrected chi connectivity index (χ1v) is 14.5. The summed E-state index contributed by atoms with van der Waals surface area (Å²) in [5.41, 5.74) is -0.383. The molecule has 4 rings (SSSR count).